The highest BCUT2D eigenvalue weighted by Crippen LogP contribution is 2.29. The van der Waals surface area contributed by atoms with Crippen LogP contribution in [0.5, 0.6) is 0 Å². The van der Waals surface area contributed by atoms with Crippen LogP contribution in [0.2, 0.25) is 0 Å². The maximum Gasteiger partial charge on any atom is 0.407 e. The summed E-state index contributed by atoms with van der Waals surface area (Å²) in [5.41, 5.74) is 8.69. The number of nitrogens with two attached hydrogens (primary N) is 1. The van der Waals surface area contributed by atoms with Gasteiger partial charge >= 0.3 is 6.09 Å². The van der Waals surface area contributed by atoms with Crippen molar-refractivity contribution in [2.45, 2.75) is 38.8 Å². The second-order valence-electron chi connectivity index (χ2n) is 7.51. The van der Waals surface area contributed by atoms with Crippen molar-refractivity contribution in [3.05, 3.63) is 30.1 Å². The molecule has 0 radical (unpaired) electrons. The van der Waals surface area contributed by atoms with Gasteiger partial charge in [-0.25, -0.2) is 23.2 Å². The molecule has 1 aliphatic heterocycles. The first kappa shape index (κ1) is 20.4. The average molecular weight is 432 g/mol. The normalized spacial score (nSPS) is 15.9. The van der Waals surface area contributed by atoms with Gasteiger partial charge in [-0.3, -0.25) is 0 Å². The van der Waals surface area contributed by atoms with Gasteiger partial charge in [0.05, 0.1) is 35.2 Å². The number of para-hydroxylation sites is 1. The van der Waals surface area contributed by atoms with Gasteiger partial charge in [-0.15, -0.1) is 0 Å². The highest BCUT2D eigenvalue weighted by atomic mass is 32.2. The fraction of sp³-hybridized carbons (Fsp3) is 0.450. The summed E-state index contributed by atoms with van der Waals surface area (Å²) in [6.07, 6.45) is 1.67. The van der Waals surface area contributed by atoms with Crippen molar-refractivity contribution >= 4 is 43.7 Å². The molecule has 0 aliphatic carbocycles. The van der Waals surface area contributed by atoms with Gasteiger partial charge in [-0.2, -0.15) is 0 Å². The van der Waals surface area contributed by atoms with E-state index in [4.69, 9.17) is 15.5 Å². The third kappa shape index (κ3) is 4.04. The lowest BCUT2D eigenvalue weighted by Gasteiger charge is -2.26. The van der Waals surface area contributed by atoms with Gasteiger partial charge in [0, 0.05) is 18.4 Å². The molecule has 0 saturated carbocycles. The van der Waals surface area contributed by atoms with E-state index in [1.807, 2.05) is 24.3 Å². The zero-order valence-corrected chi connectivity index (χ0v) is 17.6. The standard InChI is InChI=1S/C20H25N5O4S/c1-2-16-24-17-18(14-7-3-4-8-15(14)23-19(17)21)25(16)9-5-6-10-29-20(26)22-13-11-30(27,28)12-13/h3-4,7-8,13H,2,5-6,9-12H2,1H3,(H2,21,23)(H,22,26). The summed E-state index contributed by atoms with van der Waals surface area (Å²) in [6.45, 7) is 3.04. The van der Waals surface area contributed by atoms with Crippen LogP contribution in [0, 0.1) is 0 Å². The summed E-state index contributed by atoms with van der Waals surface area (Å²) >= 11 is 0. The summed E-state index contributed by atoms with van der Waals surface area (Å²) < 4.78 is 29.6. The molecule has 160 valence electrons. The van der Waals surface area contributed by atoms with Gasteiger partial charge in [0.15, 0.2) is 15.7 Å². The number of aromatic nitrogens is 3. The number of benzene rings is 1. The van der Waals surface area contributed by atoms with Crippen molar-refractivity contribution in [2.24, 2.45) is 0 Å². The number of hydrogen-bond acceptors (Lipinski definition) is 7. The largest absolute Gasteiger partial charge is 0.450 e. The fourth-order valence-corrected chi connectivity index (χ4v) is 5.10. The number of fused-ring (bicyclic) bond motifs is 3. The van der Waals surface area contributed by atoms with E-state index in [2.05, 4.69) is 21.8 Å². The van der Waals surface area contributed by atoms with Crippen LogP contribution in [-0.4, -0.2) is 53.2 Å². The lowest BCUT2D eigenvalue weighted by Crippen LogP contribution is -2.53. The predicted molar refractivity (Wildman–Crippen MR) is 115 cm³/mol. The molecule has 1 saturated heterocycles. The molecule has 0 spiro atoms. The number of aryl methyl sites for hydroxylation is 2. The summed E-state index contributed by atoms with van der Waals surface area (Å²) in [6, 6.07) is 7.54. The molecular weight excluding hydrogens is 406 g/mol. The molecule has 1 amide bonds. The number of nitrogens with zero attached hydrogens (tertiary/aromatic N) is 3. The Labute approximate surface area is 174 Å². The monoisotopic (exact) mass is 431 g/mol. The van der Waals surface area contributed by atoms with E-state index < -0.39 is 15.9 Å². The lowest BCUT2D eigenvalue weighted by molar-refractivity contribution is 0.141. The molecule has 0 bridgehead atoms. The average Bonchev–Trinajstić information content (AvgIpc) is 3.06. The number of imidazole rings is 1. The number of amides is 1. The molecule has 30 heavy (non-hydrogen) atoms. The molecule has 3 heterocycles. The molecule has 1 fully saturated rings. The molecule has 3 N–H and O–H groups in total. The smallest absolute Gasteiger partial charge is 0.407 e. The summed E-state index contributed by atoms with van der Waals surface area (Å²) in [4.78, 5) is 20.9. The van der Waals surface area contributed by atoms with Crippen LogP contribution >= 0.6 is 0 Å². The predicted octanol–water partition coefficient (Wildman–Crippen LogP) is 2.03. The number of carbonyl (C=O) groups excluding carboxylic acids is 1. The number of ether oxygens (including phenoxy) is 1. The maximum atomic E-state index is 11.7. The fourth-order valence-electron chi connectivity index (χ4n) is 3.81. The van der Waals surface area contributed by atoms with Crippen LogP contribution in [0.25, 0.3) is 21.9 Å². The second-order valence-corrected chi connectivity index (χ2v) is 9.66. The number of rotatable bonds is 7. The van der Waals surface area contributed by atoms with Crippen LogP contribution in [0.15, 0.2) is 24.3 Å². The van der Waals surface area contributed by atoms with E-state index in [9.17, 15) is 13.2 Å². The quantitative estimate of drug-likeness (QED) is 0.548. The second kappa shape index (κ2) is 8.10. The molecule has 0 unspecified atom stereocenters. The minimum atomic E-state index is -2.97. The number of nitrogen functional groups attached to an aromatic ring is 1. The third-order valence-corrected chi connectivity index (χ3v) is 7.07. The van der Waals surface area contributed by atoms with E-state index in [0.717, 1.165) is 47.1 Å². The molecular formula is C20H25N5O4S. The zero-order chi connectivity index (χ0) is 21.3. The zero-order valence-electron chi connectivity index (χ0n) is 16.8. The lowest BCUT2D eigenvalue weighted by atomic mass is 10.2. The molecule has 1 aliphatic rings. The SMILES string of the molecule is CCc1nc2c(N)nc3ccccc3c2n1CCCCOC(=O)NC1CS(=O)(=O)C1. The van der Waals surface area contributed by atoms with Gasteiger partial charge < -0.3 is 20.4 Å². The van der Waals surface area contributed by atoms with Crippen LogP contribution in [0.4, 0.5) is 10.6 Å². The van der Waals surface area contributed by atoms with Crippen molar-refractivity contribution in [3.8, 4) is 0 Å². The number of sulfone groups is 1. The van der Waals surface area contributed by atoms with Gasteiger partial charge in [0.25, 0.3) is 0 Å². The van der Waals surface area contributed by atoms with Gasteiger partial charge in [0.2, 0.25) is 0 Å². The molecule has 0 atom stereocenters. The minimum Gasteiger partial charge on any atom is -0.450 e. The Morgan fingerprint density at radius 2 is 2.03 bits per heavy atom. The van der Waals surface area contributed by atoms with Gasteiger partial charge in [-0.05, 0) is 18.9 Å². The van der Waals surface area contributed by atoms with Crippen molar-refractivity contribution in [1.82, 2.24) is 19.9 Å². The Balaban J connectivity index is 1.39. The molecule has 4 rings (SSSR count). The summed E-state index contributed by atoms with van der Waals surface area (Å²) in [7, 11) is -2.97. The van der Waals surface area contributed by atoms with Crippen molar-refractivity contribution in [1.29, 1.82) is 0 Å². The molecule has 2 aromatic heterocycles. The Bertz CT molecular complexity index is 1190. The van der Waals surface area contributed by atoms with E-state index >= 15 is 0 Å². The Morgan fingerprint density at radius 3 is 2.77 bits per heavy atom. The van der Waals surface area contributed by atoms with Crippen molar-refractivity contribution in [2.75, 3.05) is 23.8 Å². The topological polar surface area (TPSA) is 129 Å². The number of unbranched alkanes of at least 4 members (excludes halogenated alkanes) is 1. The molecule has 10 heteroatoms. The van der Waals surface area contributed by atoms with Gasteiger partial charge in [-0.1, -0.05) is 25.1 Å². The van der Waals surface area contributed by atoms with E-state index in [-0.39, 0.29) is 24.2 Å². The highest BCUT2D eigenvalue weighted by Gasteiger charge is 2.34. The minimum absolute atomic E-state index is 0.0124. The van der Waals surface area contributed by atoms with E-state index in [1.165, 1.54) is 0 Å². The van der Waals surface area contributed by atoms with Crippen LogP contribution in [0.1, 0.15) is 25.6 Å². The van der Waals surface area contributed by atoms with Crippen molar-refractivity contribution in [3.63, 3.8) is 0 Å². The number of pyridine rings is 1. The van der Waals surface area contributed by atoms with E-state index in [0.29, 0.717) is 12.2 Å². The summed E-state index contributed by atoms with van der Waals surface area (Å²) in [5, 5.41) is 3.58. The van der Waals surface area contributed by atoms with Gasteiger partial charge in [0.1, 0.15) is 11.3 Å². The van der Waals surface area contributed by atoms with Crippen LogP contribution in [0.3, 0.4) is 0 Å². The number of anilines is 1. The van der Waals surface area contributed by atoms with Crippen LogP contribution in [-0.2, 0) is 27.5 Å². The van der Waals surface area contributed by atoms with E-state index in [1.54, 1.807) is 0 Å². The summed E-state index contributed by atoms with van der Waals surface area (Å²) in [5.74, 6) is 1.35. The first-order valence-electron chi connectivity index (χ1n) is 10.0. The highest BCUT2D eigenvalue weighted by molar-refractivity contribution is 7.92. The number of nitrogens with one attached hydrogen (secondary N) is 1. The Morgan fingerprint density at radius 1 is 1.27 bits per heavy atom. The van der Waals surface area contributed by atoms with Crippen LogP contribution < -0.4 is 11.1 Å². The molecule has 9 nitrogen and oxygen atoms in total. The third-order valence-electron chi connectivity index (χ3n) is 5.25. The Hall–Kier alpha value is -2.88. The first-order chi connectivity index (χ1) is 14.4. The maximum absolute atomic E-state index is 11.7. The number of hydrogen-bond donors (Lipinski definition) is 2. The molecule has 1 aromatic carbocycles. The number of carbonyl (C=O) groups is 1. The Kier molecular flexibility index (Phi) is 5.50. The number of alkyl carbamates (subject to hydrolysis) is 1. The molecule has 3 aromatic rings. The first-order valence-corrected chi connectivity index (χ1v) is 11.9. The van der Waals surface area contributed by atoms with Crippen molar-refractivity contribution < 1.29 is 17.9 Å².